The molecule has 3 aromatic carbocycles. The Morgan fingerprint density at radius 2 is 1.68 bits per heavy atom. The van der Waals surface area contributed by atoms with E-state index in [1.165, 1.54) is 0 Å². The summed E-state index contributed by atoms with van der Waals surface area (Å²) in [6.45, 7) is 7.53. The number of esters is 2. The summed E-state index contributed by atoms with van der Waals surface area (Å²) in [6, 6.07) is 24.1. The summed E-state index contributed by atoms with van der Waals surface area (Å²) < 4.78 is 12.7. The second-order valence-electron chi connectivity index (χ2n) is 10.9. The molecule has 0 unspecified atom stereocenters. The van der Waals surface area contributed by atoms with Gasteiger partial charge in [0.1, 0.15) is 0 Å². The highest BCUT2D eigenvalue weighted by Crippen LogP contribution is 2.31. The van der Waals surface area contributed by atoms with Crippen LogP contribution in [0.3, 0.4) is 0 Å². The molecule has 9 nitrogen and oxygen atoms in total. The molecule has 0 atom stereocenters. The molecule has 9 heteroatoms. The van der Waals surface area contributed by atoms with Gasteiger partial charge in [0.25, 0.3) is 0 Å². The third kappa shape index (κ3) is 6.04. The van der Waals surface area contributed by atoms with Crippen LogP contribution in [0.2, 0.25) is 0 Å². The number of benzene rings is 3. The summed E-state index contributed by atoms with van der Waals surface area (Å²) in [7, 11) is 0. The fourth-order valence-corrected chi connectivity index (χ4v) is 4.81. The minimum absolute atomic E-state index is 0.430. The quantitative estimate of drug-likeness (QED) is 0.172. The maximum Gasteiger partial charge on any atom is 0.343 e. The van der Waals surface area contributed by atoms with Crippen LogP contribution in [0.5, 0.6) is 0 Å². The number of H-pyrrole nitrogens is 1. The molecule has 5 aromatic rings. The van der Waals surface area contributed by atoms with Crippen LogP contribution in [0.1, 0.15) is 55.7 Å². The number of aromatic amines is 1. The molecule has 1 N–H and O–H groups in total. The van der Waals surface area contributed by atoms with Crippen molar-refractivity contribution < 1.29 is 19.1 Å². The Kier molecular flexibility index (Phi) is 7.96. The predicted molar refractivity (Wildman–Crippen MR) is 156 cm³/mol. The van der Waals surface area contributed by atoms with Gasteiger partial charge in [-0.25, -0.2) is 9.89 Å². The number of aryl methyl sites for hydroxylation is 1. The van der Waals surface area contributed by atoms with Crippen LogP contribution >= 0.6 is 0 Å². The highest BCUT2D eigenvalue weighted by molar-refractivity contribution is 6.03. The third-order valence-corrected chi connectivity index (χ3v) is 6.86. The zero-order valence-electron chi connectivity index (χ0n) is 23.7. The van der Waals surface area contributed by atoms with Gasteiger partial charge in [-0.05, 0) is 66.4 Å². The average Bonchev–Trinajstić information content (AvgIpc) is 3.62. The van der Waals surface area contributed by atoms with Gasteiger partial charge in [0.2, 0.25) is 6.79 Å². The molecule has 0 aliphatic rings. The first-order chi connectivity index (χ1) is 19.8. The number of carbonyl (C=O) groups excluding carboxylic acids is 2. The van der Waals surface area contributed by atoms with E-state index >= 15 is 0 Å². The summed E-state index contributed by atoms with van der Waals surface area (Å²) in [5.41, 5.74) is 5.76. The predicted octanol–water partition coefficient (Wildman–Crippen LogP) is 6.19. The van der Waals surface area contributed by atoms with E-state index in [9.17, 15) is 9.59 Å². The SMILES string of the molecule is CCCc1cc2cccc(C(=O)OCOC(=O)C(C)(C)C)c2n1Cc1ccc(-c2ccccc2-c2nnn[nH]2)cc1. The number of carbonyl (C=O) groups is 2. The largest absolute Gasteiger partial charge is 0.427 e. The number of nitrogens with zero attached hydrogens (tertiary/aromatic N) is 4. The van der Waals surface area contributed by atoms with Crippen molar-refractivity contribution in [1.29, 1.82) is 0 Å². The van der Waals surface area contributed by atoms with E-state index in [0.717, 1.165) is 51.7 Å². The lowest BCUT2D eigenvalue weighted by molar-refractivity contribution is -0.161. The van der Waals surface area contributed by atoms with Crippen molar-refractivity contribution in [1.82, 2.24) is 25.2 Å². The van der Waals surface area contributed by atoms with Crippen LogP contribution in [-0.4, -0.2) is 43.9 Å². The third-order valence-electron chi connectivity index (χ3n) is 6.86. The number of tetrazole rings is 1. The second kappa shape index (κ2) is 11.8. The Hall–Kier alpha value is -4.79. The Morgan fingerprint density at radius 1 is 0.927 bits per heavy atom. The van der Waals surface area contributed by atoms with Gasteiger partial charge in [-0.15, -0.1) is 5.10 Å². The van der Waals surface area contributed by atoms with Gasteiger partial charge in [0.05, 0.1) is 16.5 Å². The minimum atomic E-state index is -0.680. The van der Waals surface area contributed by atoms with Crippen LogP contribution in [0.4, 0.5) is 0 Å². The highest BCUT2D eigenvalue weighted by atomic mass is 16.7. The van der Waals surface area contributed by atoms with E-state index in [-0.39, 0.29) is 0 Å². The van der Waals surface area contributed by atoms with Gasteiger partial charge >= 0.3 is 11.9 Å². The minimum Gasteiger partial charge on any atom is -0.427 e. The van der Waals surface area contributed by atoms with Gasteiger partial charge < -0.3 is 14.0 Å². The van der Waals surface area contributed by atoms with Crippen molar-refractivity contribution in [2.24, 2.45) is 5.41 Å². The lowest BCUT2D eigenvalue weighted by Gasteiger charge is -2.17. The summed E-state index contributed by atoms with van der Waals surface area (Å²) in [5.74, 6) is -0.352. The Balaban J connectivity index is 1.43. The summed E-state index contributed by atoms with van der Waals surface area (Å²) in [5, 5.41) is 15.3. The first-order valence-corrected chi connectivity index (χ1v) is 13.6. The number of aromatic nitrogens is 5. The van der Waals surface area contributed by atoms with Crippen LogP contribution in [0.25, 0.3) is 33.4 Å². The van der Waals surface area contributed by atoms with E-state index in [1.807, 2.05) is 36.4 Å². The molecule has 0 saturated heterocycles. The Morgan fingerprint density at radius 3 is 2.37 bits per heavy atom. The van der Waals surface area contributed by atoms with Crippen molar-refractivity contribution in [3.63, 3.8) is 0 Å². The molecule has 0 aliphatic heterocycles. The van der Waals surface area contributed by atoms with Crippen LogP contribution in [0, 0.1) is 5.41 Å². The van der Waals surface area contributed by atoms with Gasteiger partial charge in [-0.2, -0.15) is 0 Å². The van der Waals surface area contributed by atoms with Gasteiger partial charge in [-0.1, -0.05) is 74.0 Å². The van der Waals surface area contributed by atoms with Crippen LogP contribution in [-0.2, 0) is 27.2 Å². The van der Waals surface area contributed by atoms with Crippen molar-refractivity contribution >= 4 is 22.8 Å². The number of nitrogens with one attached hydrogen (secondary N) is 1. The molecular weight excluding hydrogens is 518 g/mol. The van der Waals surface area contributed by atoms with Crippen molar-refractivity contribution in [3.8, 4) is 22.5 Å². The van der Waals surface area contributed by atoms with Crippen LogP contribution in [0.15, 0.2) is 72.8 Å². The molecule has 0 radical (unpaired) electrons. The maximum atomic E-state index is 13.1. The first-order valence-electron chi connectivity index (χ1n) is 13.6. The van der Waals surface area contributed by atoms with E-state index in [1.54, 1.807) is 26.8 Å². The normalized spacial score (nSPS) is 11.5. The average molecular weight is 552 g/mol. The molecule has 0 aliphatic carbocycles. The lowest BCUT2D eigenvalue weighted by Crippen LogP contribution is -2.24. The number of ether oxygens (including phenoxy) is 2. The number of hydrogen-bond acceptors (Lipinski definition) is 7. The van der Waals surface area contributed by atoms with Crippen molar-refractivity contribution in [2.75, 3.05) is 6.79 Å². The molecule has 0 bridgehead atoms. The maximum absolute atomic E-state index is 13.1. The first kappa shape index (κ1) is 27.8. The standard InChI is InChI=1S/C32H33N5O4/c1-5-9-24-18-23-10-8-13-27(30(38)40-20-41-31(39)32(2,3)4)28(23)37(24)19-21-14-16-22(17-15-21)25-11-6-7-12-26(25)29-33-35-36-34-29/h6-8,10-18H,5,9,19-20H2,1-4H3,(H,33,34,35,36). The molecule has 0 saturated carbocycles. The zero-order valence-corrected chi connectivity index (χ0v) is 23.7. The van der Waals surface area contributed by atoms with E-state index in [0.29, 0.717) is 17.9 Å². The van der Waals surface area contributed by atoms with E-state index in [4.69, 9.17) is 9.47 Å². The fraction of sp³-hybridized carbons (Fsp3) is 0.281. The molecule has 0 spiro atoms. The van der Waals surface area contributed by atoms with Crippen molar-refractivity contribution in [2.45, 2.75) is 47.1 Å². The number of rotatable bonds is 9. The molecule has 210 valence electrons. The molecule has 0 amide bonds. The monoisotopic (exact) mass is 551 g/mol. The summed E-state index contributed by atoms with van der Waals surface area (Å²) in [4.78, 5) is 25.2. The topological polar surface area (TPSA) is 112 Å². The molecule has 5 rings (SSSR count). The lowest BCUT2D eigenvalue weighted by atomic mass is 9.98. The van der Waals surface area contributed by atoms with Gasteiger partial charge in [-0.3, -0.25) is 4.79 Å². The van der Waals surface area contributed by atoms with Gasteiger partial charge in [0.15, 0.2) is 5.82 Å². The number of para-hydroxylation sites is 1. The number of fused-ring (bicyclic) bond motifs is 1. The van der Waals surface area contributed by atoms with Gasteiger partial charge in [0, 0.05) is 23.2 Å². The molecular formula is C32H33N5O4. The molecule has 2 heterocycles. The Bertz CT molecular complexity index is 1670. The summed E-state index contributed by atoms with van der Waals surface area (Å²) >= 11 is 0. The molecule has 41 heavy (non-hydrogen) atoms. The number of hydrogen-bond donors (Lipinski definition) is 1. The van der Waals surface area contributed by atoms with Crippen LogP contribution < -0.4 is 0 Å². The zero-order chi connectivity index (χ0) is 29.0. The second-order valence-corrected chi connectivity index (χ2v) is 10.9. The Labute approximate surface area is 238 Å². The molecule has 0 fully saturated rings. The van der Waals surface area contributed by atoms with Crippen molar-refractivity contribution in [3.05, 3.63) is 89.6 Å². The van der Waals surface area contributed by atoms with E-state index in [2.05, 4.69) is 62.4 Å². The van der Waals surface area contributed by atoms with E-state index < -0.39 is 24.1 Å². The molecule has 2 aromatic heterocycles. The summed E-state index contributed by atoms with van der Waals surface area (Å²) in [6.07, 6.45) is 1.83. The fourth-order valence-electron chi connectivity index (χ4n) is 4.81. The highest BCUT2D eigenvalue weighted by Gasteiger charge is 2.24. The smallest absolute Gasteiger partial charge is 0.343 e.